The molecule has 2 aromatic carbocycles. The molecule has 9 heteroatoms. The molecule has 6 nitrogen and oxygen atoms in total. The van der Waals surface area contributed by atoms with E-state index in [4.69, 9.17) is 11.6 Å². The van der Waals surface area contributed by atoms with Crippen LogP contribution < -0.4 is 5.32 Å². The summed E-state index contributed by atoms with van der Waals surface area (Å²) in [6, 6.07) is 9.76. The fraction of sp³-hybridized carbons (Fsp3) is 0.333. The Balaban J connectivity index is 1.51. The number of benzene rings is 2. The van der Waals surface area contributed by atoms with Crippen molar-refractivity contribution in [3.8, 4) is 0 Å². The molecule has 30 heavy (non-hydrogen) atoms. The number of fused-ring (bicyclic) bond motifs is 1. The maximum absolute atomic E-state index is 12.9. The molecule has 1 N–H and O–H groups in total. The summed E-state index contributed by atoms with van der Waals surface area (Å²) in [4.78, 5) is 17.3. The van der Waals surface area contributed by atoms with Crippen LogP contribution >= 0.6 is 22.9 Å². The molecule has 0 radical (unpaired) electrons. The van der Waals surface area contributed by atoms with E-state index in [2.05, 4.69) is 10.3 Å². The molecule has 3 aromatic rings. The molecule has 158 valence electrons. The first-order valence-corrected chi connectivity index (χ1v) is 12.5. The number of aryl methyl sites for hydroxylation is 1. The largest absolute Gasteiger partial charge is 0.298 e. The van der Waals surface area contributed by atoms with E-state index in [0.29, 0.717) is 28.8 Å². The molecule has 0 bridgehead atoms. The highest BCUT2D eigenvalue weighted by Crippen LogP contribution is 2.32. The highest BCUT2D eigenvalue weighted by molar-refractivity contribution is 7.89. The highest BCUT2D eigenvalue weighted by Gasteiger charge is 2.25. The van der Waals surface area contributed by atoms with E-state index in [1.54, 1.807) is 4.31 Å². The molecule has 1 saturated heterocycles. The van der Waals surface area contributed by atoms with Crippen LogP contribution in [0.15, 0.2) is 41.3 Å². The average molecular weight is 464 g/mol. The summed E-state index contributed by atoms with van der Waals surface area (Å²) in [5, 5.41) is 3.89. The maximum Gasteiger partial charge on any atom is 0.257 e. The standard InChI is InChI=1S/C21H22ClN3O3S2/c1-14-17(22)10-11-18-19(14)23-21(29-18)24-20(26)15-6-8-16(9-7-15)30(27,28)25-12-4-2-3-5-13-25/h6-11H,2-5,12-13H2,1H3,(H,23,24,26). The van der Waals surface area contributed by atoms with Gasteiger partial charge < -0.3 is 0 Å². The van der Waals surface area contributed by atoms with Gasteiger partial charge in [-0.1, -0.05) is 35.8 Å². The first-order valence-electron chi connectivity index (χ1n) is 9.83. The second-order valence-corrected chi connectivity index (χ2v) is 10.7. The van der Waals surface area contributed by atoms with Gasteiger partial charge in [-0.15, -0.1) is 0 Å². The number of hydrogen-bond donors (Lipinski definition) is 1. The number of aromatic nitrogens is 1. The van der Waals surface area contributed by atoms with Crippen molar-refractivity contribution >= 4 is 54.2 Å². The second-order valence-electron chi connectivity index (χ2n) is 7.33. The van der Waals surface area contributed by atoms with E-state index in [9.17, 15) is 13.2 Å². The third-order valence-electron chi connectivity index (χ3n) is 5.29. The predicted molar refractivity (Wildman–Crippen MR) is 121 cm³/mol. The lowest BCUT2D eigenvalue weighted by atomic mass is 10.2. The van der Waals surface area contributed by atoms with E-state index < -0.39 is 10.0 Å². The Morgan fingerprint density at radius 1 is 1.07 bits per heavy atom. The number of amides is 1. The molecule has 1 aliphatic heterocycles. The Morgan fingerprint density at radius 2 is 1.73 bits per heavy atom. The summed E-state index contributed by atoms with van der Waals surface area (Å²) in [5.74, 6) is -0.337. The predicted octanol–water partition coefficient (Wildman–Crippen LogP) is 5.08. The summed E-state index contributed by atoms with van der Waals surface area (Å²) in [5.41, 5.74) is 2.01. The van der Waals surface area contributed by atoms with Gasteiger partial charge in [0.1, 0.15) is 0 Å². The number of carbonyl (C=O) groups is 1. The molecule has 1 amide bonds. The Morgan fingerprint density at radius 3 is 2.40 bits per heavy atom. The van der Waals surface area contributed by atoms with Crippen LogP contribution in [0.4, 0.5) is 5.13 Å². The van der Waals surface area contributed by atoms with Crippen LogP contribution in [0.5, 0.6) is 0 Å². The second kappa shape index (κ2) is 8.63. The van der Waals surface area contributed by atoms with Crippen LogP contribution in [0.2, 0.25) is 5.02 Å². The number of thiazole rings is 1. The molecule has 2 heterocycles. The van der Waals surface area contributed by atoms with Crippen LogP contribution in [0.3, 0.4) is 0 Å². The molecule has 1 aliphatic rings. The first-order chi connectivity index (χ1) is 14.4. The van der Waals surface area contributed by atoms with Gasteiger partial charge in [-0.2, -0.15) is 4.31 Å². The SMILES string of the molecule is Cc1c(Cl)ccc2sc(NC(=O)c3ccc(S(=O)(=O)N4CCCCCC4)cc3)nc12. The van der Waals surface area contributed by atoms with E-state index in [1.165, 1.54) is 35.6 Å². The van der Waals surface area contributed by atoms with Gasteiger partial charge in [0.25, 0.3) is 5.91 Å². The van der Waals surface area contributed by atoms with Crippen molar-refractivity contribution in [3.05, 3.63) is 52.5 Å². The highest BCUT2D eigenvalue weighted by atomic mass is 35.5. The zero-order valence-electron chi connectivity index (χ0n) is 16.5. The van der Waals surface area contributed by atoms with Crippen LogP contribution in [-0.4, -0.2) is 36.7 Å². The van der Waals surface area contributed by atoms with Gasteiger partial charge in [0.05, 0.1) is 15.1 Å². The van der Waals surface area contributed by atoms with Crippen LogP contribution in [-0.2, 0) is 10.0 Å². The number of carbonyl (C=O) groups excluding carboxylic acids is 1. The number of nitrogens with one attached hydrogen (secondary N) is 1. The molecule has 0 unspecified atom stereocenters. The minimum atomic E-state index is -3.53. The first kappa shape index (κ1) is 21.2. The zero-order chi connectivity index (χ0) is 21.3. The third-order valence-corrected chi connectivity index (χ3v) is 8.55. The summed E-state index contributed by atoms with van der Waals surface area (Å²) in [7, 11) is -3.53. The minimum Gasteiger partial charge on any atom is -0.298 e. The number of sulfonamides is 1. The van der Waals surface area contributed by atoms with Crippen molar-refractivity contribution < 1.29 is 13.2 Å². The van der Waals surface area contributed by atoms with Gasteiger partial charge in [-0.05, 0) is 61.7 Å². The van der Waals surface area contributed by atoms with Gasteiger partial charge in [-0.25, -0.2) is 13.4 Å². The molecule has 4 rings (SSSR count). The fourth-order valence-corrected chi connectivity index (χ4v) is 6.12. The molecular weight excluding hydrogens is 442 g/mol. The van der Waals surface area contributed by atoms with E-state index in [-0.39, 0.29) is 10.8 Å². The number of rotatable bonds is 4. The Hall–Kier alpha value is -2.00. The molecule has 1 aromatic heterocycles. The number of hydrogen-bond acceptors (Lipinski definition) is 5. The number of nitrogens with zero attached hydrogens (tertiary/aromatic N) is 2. The van der Waals surface area contributed by atoms with Crippen LogP contribution in [0.1, 0.15) is 41.6 Å². The van der Waals surface area contributed by atoms with Crippen molar-refractivity contribution in [2.75, 3.05) is 18.4 Å². The van der Waals surface area contributed by atoms with Gasteiger partial charge >= 0.3 is 0 Å². The summed E-state index contributed by atoms with van der Waals surface area (Å²) in [6.07, 6.45) is 3.88. The summed E-state index contributed by atoms with van der Waals surface area (Å²) >= 11 is 7.51. The molecule has 0 spiro atoms. The Kier molecular flexibility index (Phi) is 6.11. The van der Waals surface area contributed by atoms with Crippen LogP contribution in [0, 0.1) is 6.92 Å². The Bertz CT molecular complexity index is 1180. The lowest BCUT2D eigenvalue weighted by molar-refractivity contribution is 0.102. The topological polar surface area (TPSA) is 79.4 Å². The quantitative estimate of drug-likeness (QED) is 0.585. The van der Waals surface area contributed by atoms with Crippen molar-refractivity contribution in [1.29, 1.82) is 0 Å². The van der Waals surface area contributed by atoms with Crippen molar-refractivity contribution in [2.24, 2.45) is 0 Å². The van der Waals surface area contributed by atoms with Gasteiger partial charge in [-0.3, -0.25) is 10.1 Å². The lowest BCUT2D eigenvalue weighted by Crippen LogP contribution is -2.31. The molecule has 0 atom stereocenters. The van der Waals surface area contributed by atoms with Gasteiger partial charge in [0.15, 0.2) is 5.13 Å². The smallest absolute Gasteiger partial charge is 0.257 e. The number of anilines is 1. The molecule has 1 fully saturated rings. The zero-order valence-corrected chi connectivity index (χ0v) is 18.9. The summed E-state index contributed by atoms with van der Waals surface area (Å²) in [6.45, 7) is 2.98. The number of halogens is 1. The van der Waals surface area contributed by atoms with Crippen molar-refractivity contribution in [3.63, 3.8) is 0 Å². The van der Waals surface area contributed by atoms with E-state index in [0.717, 1.165) is 41.5 Å². The molecule has 0 aliphatic carbocycles. The minimum absolute atomic E-state index is 0.214. The average Bonchev–Trinajstić information content (AvgIpc) is 2.95. The monoisotopic (exact) mass is 463 g/mol. The normalized spacial score (nSPS) is 15.8. The Labute approximate surface area is 184 Å². The maximum atomic E-state index is 12.9. The summed E-state index contributed by atoms with van der Waals surface area (Å²) < 4.78 is 28.2. The molecule has 0 saturated carbocycles. The van der Waals surface area contributed by atoms with Gasteiger partial charge in [0, 0.05) is 23.7 Å². The van der Waals surface area contributed by atoms with E-state index in [1.807, 2.05) is 19.1 Å². The van der Waals surface area contributed by atoms with Crippen molar-refractivity contribution in [2.45, 2.75) is 37.5 Å². The van der Waals surface area contributed by atoms with Gasteiger partial charge in [0.2, 0.25) is 10.0 Å². The molecular formula is C21H22ClN3O3S2. The third kappa shape index (κ3) is 4.23. The van der Waals surface area contributed by atoms with E-state index >= 15 is 0 Å². The van der Waals surface area contributed by atoms with Crippen LogP contribution in [0.25, 0.3) is 10.2 Å². The fourth-order valence-electron chi connectivity index (χ4n) is 3.53. The lowest BCUT2D eigenvalue weighted by Gasteiger charge is -2.20. The van der Waals surface area contributed by atoms with Crippen molar-refractivity contribution in [1.82, 2.24) is 9.29 Å².